The SMILES string of the molecule is CCCCc1ccc[cH-]1.CCCCc1ccc[cH-]1.[Cl][Ti][Cl]. The van der Waals surface area contributed by atoms with Crippen molar-refractivity contribution in [1.82, 2.24) is 0 Å². The summed E-state index contributed by atoms with van der Waals surface area (Å²) in [5.41, 5.74) is 2.97. The average molecular weight is 361 g/mol. The molecule has 0 atom stereocenters. The van der Waals surface area contributed by atoms with E-state index in [0.717, 1.165) is 0 Å². The van der Waals surface area contributed by atoms with Gasteiger partial charge in [0.05, 0.1) is 0 Å². The molecule has 0 saturated carbocycles. The van der Waals surface area contributed by atoms with Crippen LogP contribution in [0.5, 0.6) is 0 Å². The van der Waals surface area contributed by atoms with Gasteiger partial charge in [0.15, 0.2) is 0 Å². The summed E-state index contributed by atoms with van der Waals surface area (Å²) in [5.74, 6) is 0. The molecular formula is C18H26Cl2Ti-2. The van der Waals surface area contributed by atoms with Crippen LogP contribution in [0.2, 0.25) is 0 Å². The summed E-state index contributed by atoms with van der Waals surface area (Å²) in [6.45, 7) is 4.45. The first-order valence-corrected chi connectivity index (χ1v) is 12.0. The standard InChI is InChI=1S/2C9H13.2ClH.Ti/c2*1-2-3-6-9-7-4-5-8-9;;;/h2*4-5,7-8H,2-3,6H2,1H3;2*1H;/q2*-1;;;+2/p-2. The Balaban J connectivity index is 0.000000322. The minimum atomic E-state index is -0.556. The number of hydrogen-bond acceptors (Lipinski definition) is 0. The summed E-state index contributed by atoms with van der Waals surface area (Å²) in [5, 5.41) is 0. The molecule has 0 unspecified atom stereocenters. The molecule has 0 radical (unpaired) electrons. The fourth-order valence-electron chi connectivity index (χ4n) is 1.92. The van der Waals surface area contributed by atoms with Crippen molar-refractivity contribution in [1.29, 1.82) is 0 Å². The quantitative estimate of drug-likeness (QED) is 0.389. The van der Waals surface area contributed by atoms with Crippen LogP contribution < -0.4 is 0 Å². The summed E-state index contributed by atoms with van der Waals surface area (Å²) < 4.78 is 0. The first-order valence-electron chi connectivity index (χ1n) is 7.65. The van der Waals surface area contributed by atoms with E-state index in [1.165, 1.54) is 49.7 Å². The van der Waals surface area contributed by atoms with Crippen molar-refractivity contribution >= 4 is 18.6 Å². The van der Waals surface area contributed by atoms with Gasteiger partial charge in [-0.25, -0.2) is 24.3 Å². The predicted molar refractivity (Wildman–Crippen MR) is 93.0 cm³/mol. The maximum atomic E-state index is 4.89. The van der Waals surface area contributed by atoms with Crippen molar-refractivity contribution < 1.29 is 17.0 Å². The van der Waals surface area contributed by atoms with E-state index in [4.69, 9.17) is 18.6 Å². The van der Waals surface area contributed by atoms with Gasteiger partial charge in [-0.2, -0.15) is 35.4 Å². The van der Waals surface area contributed by atoms with Crippen LogP contribution in [-0.2, 0) is 29.9 Å². The van der Waals surface area contributed by atoms with E-state index in [1.54, 1.807) is 0 Å². The molecule has 2 aromatic rings. The number of unbranched alkanes of at least 4 members (excludes halogenated alkanes) is 2. The Morgan fingerprint density at radius 1 is 0.857 bits per heavy atom. The van der Waals surface area contributed by atoms with Crippen molar-refractivity contribution in [2.45, 2.75) is 52.4 Å². The first-order chi connectivity index (χ1) is 10.3. The van der Waals surface area contributed by atoms with Crippen molar-refractivity contribution in [3.05, 3.63) is 59.7 Å². The van der Waals surface area contributed by atoms with Crippen molar-refractivity contribution in [3.63, 3.8) is 0 Å². The Labute approximate surface area is 147 Å². The van der Waals surface area contributed by atoms with Gasteiger partial charge in [0.25, 0.3) is 0 Å². The maximum absolute atomic E-state index is 4.89. The Hall–Kier alpha value is -0.00571. The van der Waals surface area contributed by atoms with Crippen molar-refractivity contribution in [3.8, 4) is 0 Å². The zero-order chi connectivity index (χ0) is 15.8. The molecule has 21 heavy (non-hydrogen) atoms. The van der Waals surface area contributed by atoms with Crippen LogP contribution >= 0.6 is 18.6 Å². The van der Waals surface area contributed by atoms with Gasteiger partial charge in [-0.3, -0.25) is 0 Å². The van der Waals surface area contributed by atoms with E-state index >= 15 is 0 Å². The van der Waals surface area contributed by atoms with Gasteiger partial charge in [0.1, 0.15) is 0 Å². The molecule has 0 heterocycles. The van der Waals surface area contributed by atoms with Crippen LogP contribution in [0.1, 0.15) is 50.7 Å². The number of aryl methyl sites for hydroxylation is 2. The van der Waals surface area contributed by atoms with Crippen LogP contribution in [0, 0.1) is 0 Å². The molecule has 0 spiro atoms. The van der Waals surface area contributed by atoms with Crippen LogP contribution in [-0.4, -0.2) is 0 Å². The fraction of sp³-hybridized carbons (Fsp3) is 0.444. The van der Waals surface area contributed by atoms with Gasteiger partial charge >= 0.3 is 35.6 Å². The Kier molecular flexibility index (Phi) is 16.4. The predicted octanol–water partition coefficient (Wildman–Crippen LogP) is 6.87. The van der Waals surface area contributed by atoms with Gasteiger partial charge in [-0.15, -0.1) is 0 Å². The van der Waals surface area contributed by atoms with E-state index < -0.39 is 17.0 Å². The number of rotatable bonds is 6. The summed E-state index contributed by atoms with van der Waals surface area (Å²) >= 11 is -0.556. The topological polar surface area (TPSA) is 0 Å². The van der Waals surface area contributed by atoms with Gasteiger partial charge in [-0.05, 0) is 0 Å². The summed E-state index contributed by atoms with van der Waals surface area (Å²) in [6.07, 6.45) is 7.75. The van der Waals surface area contributed by atoms with E-state index in [-0.39, 0.29) is 0 Å². The van der Waals surface area contributed by atoms with Crippen molar-refractivity contribution in [2.24, 2.45) is 0 Å². The zero-order valence-corrected chi connectivity index (χ0v) is 16.2. The molecule has 0 aliphatic rings. The van der Waals surface area contributed by atoms with Gasteiger partial charge in [0.2, 0.25) is 0 Å². The molecule has 0 amide bonds. The zero-order valence-electron chi connectivity index (χ0n) is 13.1. The molecule has 0 N–H and O–H groups in total. The average Bonchev–Trinajstić information content (AvgIpc) is 3.18. The molecule has 2 aromatic carbocycles. The molecule has 0 saturated heterocycles. The third-order valence-corrected chi connectivity index (χ3v) is 3.10. The Morgan fingerprint density at radius 3 is 1.48 bits per heavy atom. The summed E-state index contributed by atoms with van der Waals surface area (Å²) in [6, 6.07) is 17.2. The second kappa shape index (κ2) is 16.4. The molecule has 0 aliphatic heterocycles. The van der Waals surface area contributed by atoms with Gasteiger partial charge < -0.3 is 0 Å². The monoisotopic (exact) mass is 360 g/mol. The number of hydrogen-bond donors (Lipinski definition) is 0. The van der Waals surface area contributed by atoms with Crippen LogP contribution in [0.3, 0.4) is 0 Å². The first kappa shape index (κ1) is 21.0. The van der Waals surface area contributed by atoms with Gasteiger partial charge in [-0.1, -0.05) is 52.4 Å². The number of halogens is 2. The fourth-order valence-corrected chi connectivity index (χ4v) is 1.92. The van der Waals surface area contributed by atoms with E-state index in [2.05, 4.69) is 62.4 Å². The molecule has 0 aliphatic carbocycles. The van der Waals surface area contributed by atoms with E-state index in [0.29, 0.717) is 0 Å². The van der Waals surface area contributed by atoms with E-state index in [9.17, 15) is 0 Å². The Bertz CT molecular complexity index is 341. The molecule has 0 nitrogen and oxygen atoms in total. The van der Waals surface area contributed by atoms with E-state index in [1.807, 2.05) is 0 Å². The van der Waals surface area contributed by atoms with Crippen LogP contribution in [0.25, 0.3) is 0 Å². The van der Waals surface area contributed by atoms with Crippen LogP contribution in [0.4, 0.5) is 0 Å². The normalized spacial score (nSPS) is 9.14. The van der Waals surface area contributed by atoms with Crippen molar-refractivity contribution in [2.75, 3.05) is 0 Å². The van der Waals surface area contributed by atoms with Gasteiger partial charge in [0, 0.05) is 0 Å². The molecule has 118 valence electrons. The Morgan fingerprint density at radius 2 is 1.24 bits per heavy atom. The third kappa shape index (κ3) is 13.4. The molecule has 2 rings (SSSR count). The second-order valence-electron chi connectivity index (χ2n) is 4.86. The summed E-state index contributed by atoms with van der Waals surface area (Å²) in [7, 11) is 9.78. The molecule has 0 aromatic heterocycles. The second-order valence-corrected chi connectivity index (χ2v) is 7.44. The molecule has 3 heteroatoms. The molecule has 0 fully saturated rings. The third-order valence-electron chi connectivity index (χ3n) is 3.10. The summed E-state index contributed by atoms with van der Waals surface area (Å²) in [4.78, 5) is 0. The molecule has 0 bridgehead atoms. The minimum absolute atomic E-state index is 0.556. The molecular weight excluding hydrogens is 335 g/mol. The van der Waals surface area contributed by atoms with Crippen LogP contribution in [0.15, 0.2) is 48.5 Å².